The monoisotopic (exact) mass is 447 g/mol. The average molecular weight is 448 g/mol. The molecule has 1 amide bonds. The predicted octanol–water partition coefficient (Wildman–Crippen LogP) is 4.74. The number of hydrogen-bond donors (Lipinski definition) is 0. The van der Waals surface area contributed by atoms with Crippen molar-refractivity contribution in [2.45, 2.75) is 81.1 Å². The van der Waals surface area contributed by atoms with E-state index in [1.165, 1.54) is 12.2 Å². The number of rotatable bonds is 7. The molecule has 0 radical (unpaired) electrons. The second-order valence-corrected chi connectivity index (χ2v) is 9.85. The van der Waals surface area contributed by atoms with Crippen molar-refractivity contribution in [2.24, 2.45) is 5.41 Å². The van der Waals surface area contributed by atoms with Gasteiger partial charge in [0.05, 0.1) is 11.0 Å². The number of benzene rings is 1. The summed E-state index contributed by atoms with van der Waals surface area (Å²) in [6, 6.07) is 2.04. The van der Waals surface area contributed by atoms with E-state index >= 15 is 0 Å². The first-order valence-electron chi connectivity index (χ1n) is 10.8. The lowest BCUT2D eigenvalue weighted by Crippen LogP contribution is -2.45. The third kappa shape index (κ3) is 4.90. The van der Waals surface area contributed by atoms with E-state index in [0.717, 1.165) is 27.8 Å². The molecule has 1 aromatic carbocycles. The van der Waals surface area contributed by atoms with Crippen LogP contribution in [0.5, 0.6) is 0 Å². The lowest BCUT2D eigenvalue weighted by Gasteiger charge is -2.32. The first-order chi connectivity index (χ1) is 14.6. The van der Waals surface area contributed by atoms with Crippen molar-refractivity contribution in [2.75, 3.05) is 13.9 Å². The van der Waals surface area contributed by atoms with E-state index in [9.17, 15) is 9.59 Å². The summed E-state index contributed by atoms with van der Waals surface area (Å²) >= 11 is 0. The zero-order valence-corrected chi connectivity index (χ0v) is 21.3. The van der Waals surface area contributed by atoms with E-state index in [-0.39, 0.29) is 18.5 Å². The van der Waals surface area contributed by atoms with Crippen LogP contribution in [0.25, 0.3) is 5.57 Å². The topological polar surface area (TPSA) is 74.3 Å². The molecule has 0 saturated heterocycles. The SMILES string of the molecule is COC(C)OCON1C(=O)C(c2c(C)cc(C)c(C)c2C)=C(OC(=O)C(C)(C)C)C1(C)C. The number of esters is 1. The quantitative estimate of drug-likeness (QED) is 0.444. The second kappa shape index (κ2) is 9.33. The Bertz CT molecular complexity index is 939. The van der Waals surface area contributed by atoms with Crippen molar-refractivity contribution in [1.29, 1.82) is 0 Å². The van der Waals surface area contributed by atoms with Crippen LogP contribution in [0.3, 0.4) is 0 Å². The van der Waals surface area contributed by atoms with Crippen molar-refractivity contribution < 1.29 is 28.6 Å². The number of carbonyl (C=O) groups excluding carboxylic acids is 2. The Morgan fingerprint density at radius 2 is 1.69 bits per heavy atom. The summed E-state index contributed by atoms with van der Waals surface area (Å²) < 4.78 is 16.4. The van der Waals surface area contributed by atoms with E-state index in [1.54, 1.807) is 41.5 Å². The number of hydrogen-bond acceptors (Lipinski definition) is 6. The van der Waals surface area contributed by atoms with E-state index in [2.05, 4.69) is 0 Å². The largest absolute Gasteiger partial charge is 0.427 e. The fourth-order valence-corrected chi connectivity index (χ4v) is 3.63. The molecule has 1 aliphatic heterocycles. The van der Waals surface area contributed by atoms with Gasteiger partial charge in [-0.15, -0.1) is 0 Å². The van der Waals surface area contributed by atoms with Crippen LogP contribution in [0.4, 0.5) is 0 Å². The number of amides is 1. The third-order valence-electron chi connectivity index (χ3n) is 5.92. The highest BCUT2D eigenvalue weighted by atomic mass is 16.8. The van der Waals surface area contributed by atoms with Crippen LogP contribution < -0.4 is 0 Å². The Hall–Kier alpha value is -2.22. The third-order valence-corrected chi connectivity index (χ3v) is 5.92. The number of methoxy groups -OCH3 is 1. The summed E-state index contributed by atoms with van der Waals surface area (Å²) in [7, 11) is 1.52. The molecule has 1 aliphatic rings. The van der Waals surface area contributed by atoms with E-state index < -0.39 is 23.2 Å². The first-order valence-corrected chi connectivity index (χ1v) is 10.8. The Balaban J connectivity index is 2.63. The summed E-state index contributed by atoms with van der Waals surface area (Å²) in [5, 5.41) is 1.23. The van der Waals surface area contributed by atoms with Gasteiger partial charge in [-0.3, -0.25) is 9.59 Å². The Morgan fingerprint density at radius 1 is 1.09 bits per heavy atom. The lowest BCUT2D eigenvalue weighted by molar-refractivity contribution is -0.272. The van der Waals surface area contributed by atoms with Gasteiger partial charge in [0.1, 0.15) is 11.3 Å². The molecule has 0 spiro atoms. The standard InChI is InChI=1S/C25H37NO6/c1-14-12-15(2)19(17(4)16(14)3)20-21(32-23(28)24(6,7)8)25(9,10)26(22(20)27)31-13-30-18(5)29-11/h12,18H,13H2,1-11H3. The zero-order valence-electron chi connectivity index (χ0n) is 21.3. The molecule has 7 heteroatoms. The van der Waals surface area contributed by atoms with Gasteiger partial charge < -0.3 is 14.2 Å². The van der Waals surface area contributed by atoms with E-state index in [0.29, 0.717) is 5.57 Å². The Kier molecular flexibility index (Phi) is 7.59. The van der Waals surface area contributed by atoms with Gasteiger partial charge in [-0.1, -0.05) is 6.07 Å². The first kappa shape index (κ1) is 26.0. The van der Waals surface area contributed by atoms with Crippen molar-refractivity contribution in [3.8, 4) is 0 Å². The highest BCUT2D eigenvalue weighted by molar-refractivity contribution is 6.23. The van der Waals surface area contributed by atoms with Gasteiger partial charge in [-0.2, -0.15) is 0 Å². The van der Waals surface area contributed by atoms with Crippen LogP contribution in [0, 0.1) is 33.1 Å². The molecule has 0 N–H and O–H groups in total. The lowest BCUT2D eigenvalue weighted by atomic mass is 9.88. The molecule has 0 bridgehead atoms. The van der Waals surface area contributed by atoms with Crippen molar-refractivity contribution in [3.63, 3.8) is 0 Å². The maximum absolute atomic E-state index is 13.7. The molecule has 0 aliphatic carbocycles. The van der Waals surface area contributed by atoms with Gasteiger partial charge in [-0.05, 0) is 97.1 Å². The number of hydroxylamine groups is 2. The summed E-state index contributed by atoms with van der Waals surface area (Å²) in [6.45, 7) is 18.4. The molecule has 0 fully saturated rings. The Labute approximate surface area is 191 Å². The van der Waals surface area contributed by atoms with Crippen molar-refractivity contribution in [3.05, 3.63) is 39.6 Å². The van der Waals surface area contributed by atoms with E-state index in [1.807, 2.05) is 33.8 Å². The van der Waals surface area contributed by atoms with Gasteiger partial charge in [0.15, 0.2) is 13.1 Å². The molecular weight excluding hydrogens is 410 g/mol. The molecule has 1 aromatic rings. The van der Waals surface area contributed by atoms with E-state index in [4.69, 9.17) is 19.0 Å². The van der Waals surface area contributed by atoms with Crippen LogP contribution in [-0.2, 0) is 28.6 Å². The van der Waals surface area contributed by atoms with Crippen molar-refractivity contribution >= 4 is 17.4 Å². The smallest absolute Gasteiger partial charge is 0.316 e. The van der Waals surface area contributed by atoms with Gasteiger partial charge in [0.25, 0.3) is 5.91 Å². The fourth-order valence-electron chi connectivity index (χ4n) is 3.63. The van der Waals surface area contributed by atoms with Gasteiger partial charge in [0, 0.05) is 7.11 Å². The van der Waals surface area contributed by atoms with Crippen LogP contribution in [-0.4, -0.2) is 42.7 Å². The molecule has 2 rings (SSSR count). The summed E-state index contributed by atoms with van der Waals surface area (Å²) in [6.07, 6.45) is -0.495. The molecule has 32 heavy (non-hydrogen) atoms. The summed E-state index contributed by atoms with van der Waals surface area (Å²) in [5.74, 6) is -0.525. The Morgan fingerprint density at radius 3 is 2.22 bits per heavy atom. The minimum atomic E-state index is -1.04. The maximum atomic E-state index is 13.7. The number of ether oxygens (including phenoxy) is 3. The minimum Gasteiger partial charge on any atom is -0.427 e. The molecule has 1 heterocycles. The normalized spacial score (nSPS) is 17.2. The summed E-state index contributed by atoms with van der Waals surface area (Å²) in [4.78, 5) is 32.3. The number of nitrogens with zero attached hydrogens (tertiary/aromatic N) is 1. The summed E-state index contributed by atoms with van der Waals surface area (Å²) in [5.41, 5.74) is 3.45. The van der Waals surface area contributed by atoms with Gasteiger partial charge in [0.2, 0.25) is 0 Å². The fraction of sp³-hybridized carbons (Fsp3) is 0.600. The number of carbonyl (C=O) groups is 2. The highest BCUT2D eigenvalue weighted by Gasteiger charge is 2.51. The zero-order chi connectivity index (χ0) is 24.6. The highest BCUT2D eigenvalue weighted by Crippen LogP contribution is 2.44. The van der Waals surface area contributed by atoms with Crippen LogP contribution in [0.15, 0.2) is 11.8 Å². The predicted molar refractivity (Wildman–Crippen MR) is 122 cm³/mol. The molecule has 178 valence electrons. The van der Waals surface area contributed by atoms with Crippen LogP contribution >= 0.6 is 0 Å². The second-order valence-electron chi connectivity index (χ2n) is 9.85. The molecule has 0 aromatic heterocycles. The maximum Gasteiger partial charge on any atom is 0.316 e. The van der Waals surface area contributed by atoms with Gasteiger partial charge >= 0.3 is 5.97 Å². The van der Waals surface area contributed by atoms with Gasteiger partial charge in [-0.25, -0.2) is 9.90 Å². The van der Waals surface area contributed by atoms with Crippen molar-refractivity contribution in [1.82, 2.24) is 5.06 Å². The molecule has 1 atom stereocenters. The molecule has 0 saturated carbocycles. The molecule has 1 unspecified atom stereocenters. The van der Waals surface area contributed by atoms with Crippen LogP contribution in [0.1, 0.15) is 69.4 Å². The van der Waals surface area contributed by atoms with Crippen LogP contribution in [0.2, 0.25) is 0 Å². The average Bonchev–Trinajstić information content (AvgIpc) is 2.86. The molecular formula is C25H37NO6. The number of aryl methyl sites for hydroxylation is 2. The molecule has 7 nitrogen and oxygen atoms in total. The minimum absolute atomic E-state index is 0.192.